The highest BCUT2D eigenvalue weighted by atomic mass is 32.1. The number of nitrogens with one attached hydrogen (secondary N) is 2. The summed E-state index contributed by atoms with van der Waals surface area (Å²) >= 11 is 1.87. The van der Waals surface area contributed by atoms with E-state index in [4.69, 9.17) is 4.98 Å². The molecule has 4 rings (SSSR count). The maximum Gasteiger partial charge on any atom is 0.133 e. The molecule has 0 saturated carbocycles. The molecule has 0 bridgehead atoms. The quantitative estimate of drug-likeness (QED) is 0.906. The third-order valence-corrected chi connectivity index (χ3v) is 6.05. The molecule has 2 aromatic rings. The summed E-state index contributed by atoms with van der Waals surface area (Å²) in [6, 6.07) is 0.195. The van der Waals surface area contributed by atoms with Gasteiger partial charge in [0.1, 0.15) is 17.2 Å². The second-order valence-electron chi connectivity index (χ2n) is 6.39. The van der Waals surface area contributed by atoms with Gasteiger partial charge in [0.05, 0.1) is 17.4 Å². The van der Waals surface area contributed by atoms with Gasteiger partial charge in [-0.25, -0.2) is 15.0 Å². The summed E-state index contributed by atoms with van der Waals surface area (Å²) in [5, 5.41) is 8.22. The standard InChI is InChI=1S/C17H23N5S/c1-11(17-22-14-4-2-3-5-15(14)23-17)21-16-12-6-8-18-9-7-13(12)19-10-20-16/h10-11,18H,2-9H2,1H3,(H,19,20,21)/t11-/m1/s1. The fourth-order valence-corrected chi connectivity index (χ4v) is 4.58. The van der Waals surface area contributed by atoms with E-state index in [1.807, 2.05) is 11.3 Å². The predicted octanol–water partition coefficient (Wildman–Crippen LogP) is 2.67. The van der Waals surface area contributed by atoms with Crippen molar-refractivity contribution >= 4 is 17.2 Å². The van der Waals surface area contributed by atoms with E-state index in [0.29, 0.717) is 0 Å². The van der Waals surface area contributed by atoms with E-state index in [9.17, 15) is 0 Å². The zero-order valence-electron chi connectivity index (χ0n) is 13.6. The van der Waals surface area contributed by atoms with Crippen LogP contribution in [-0.2, 0) is 25.7 Å². The van der Waals surface area contributed by atoms with Crippen molar-refractivity contribution in [3.05, 3.63) is 33.2 Å². The highest BCUT2D eigenvalue weighted by molar-refractivity contribution is 7.11. The molecule has 0 unspecified atom stereocenters. The van der Waals surface area contributed by atoms with Crippen molar-refractivity contribution in [2.24, 2.45) is 0 Å². The summed E-state index contributed by atoms with van der Waals surface area (Å²) in [5.74, 6) is 0.986. The van der Waals surface area contributed by atoms with E-state index in [0.717, 1.165) is 38.2 Å². The molecule has 5 nitrogen and oxygen atoms in total. The summed E-state index contributed by atoms with van der Waals surface area (Å²) in [5.41, 5.74) is 3.78. The van der Waals surface area contributed by atoms with Gasteiger partial charge in [-0.1, -0.05) is 0 Å². The molecule has 1 aliphatic heterocycles. The van der Waals surface area contributed by atoms with Crippen molar-refractivity contribution in [3.63, 3.8) is 0 Å². The lowest BCUT2D eigenvalue weighted by Gasteiger charge is -2.16. The van der Waals surface area contributed by atoms with E-state index >= 15 is 0 Å². The number of aromatic nitrogens is 3. The largest absolute Gasteiger partial charge is 0.361 e. The van der Waals surface area contributed by atoms with Crippen molar-refractivity contribution in [1.29, 1.82) is 0 Å². The maximum atomic E-state index is 4.88. The minimum atomic E-state index is 0.195. The molecule has 0 amide bonds. The number of fused-ring (bicyclic) bond motifs is 2. The van der Waals surface area contributed by atoms with Gasteiger partial charge in [-0.05, 0) is 45.6 Å². The zero-order valence-corrected chi connectivity index (χ0v) is 14.4. The van der Waals surface area contributed by atoms with E-state index in [2.05, 4.69) is 27.5 Å². The summed E-state index contributed by atoms with van der Waals surface area (Å²) < 4.78 is 0. The molecule has 1 atom stereocenters. The van der Waals surface area contributed by atoms with Gasteiger partial charge in [-0.3, -0.25) is 0 Å². The van der Waals surface area contributed by atoms with Crippen LogP contribution >= 0.6 is 11.3 Å². The highest BCUT2D eigenvalue weighted by Gasteiger charge is 2.20. The average Bonchev–Trinajstić information content (AvgIpc) is 2.86. The molecule has 2 aromatic heterocycles. The average molecular weight is 329 g/mol. The van der Waals surface area contributed by atoms with Gasteiger partial charge in [0.25, 0.3) is 0 Å². The summed E-state index contributed by atoms with van der Waals surface area (Å²) in [6.45, 7) is 4.18. The Hall–Kier alpha value is -1.53. The maximum absolute atomic E-state index is 4.88. The van der Waals surface area contributed by atoms with Crippen LogP contribution in [0.25, 0.3) is 0 Å². The van der Waals surface area contributed by atoms with Gasteiger partial charge in [-0.2, -0.15) is 0 Å². The van der Waals surface area contributed by atoms with E-state index in [1.165, 1.54) is 46.1 Å². The van der Waals surface area contributed by atoms with Crippen LogP contribution in [0.4, 0.5) is 5.82 Å². The van der Waals surface area contributed by atoms with Gasteiger partial charge in [0.2, 0.25) is 0 Å². The second kappa shape index (κ2) is 6.53. The Morgan fingerprint density at radius 1 is 1.09 bits per heavy atom. The Morgan fingerprint density at radius 2 is 1.96 bits per heavy atom. The molecule has 0 spiro atoms. The molecular weight excluding hydrogens is 306 g/mol. The van der Waals surface area contributed by atoms with E-state index < -0.39 is 0 Å². The Balaban J connectivity index is 1.57. The van der Waals surface area contributed by atoms with Crippen LogP contribution in [0.3, 0.4) is 0 Å². The first kappa shape index (κ1) is 15.0. The number of anilines is 1. The van der Waals surface area contributed by atoms with Crippen LogP contribution in [-0.4, -0.2) is 28.0 Å². The first-order valence-corrected chi connectivity index (χ1v) is 9.41. The SMILES string of the molecule is C[C@@H](Nc1ncnc2c1CCNCC2)c1nc2c(s1)CCCC2. The van der Waals surface area contributed by atoms with Crippen LogP contribution in [0, 0.1) is 0 Å². The number of thiazole rings is 1. The number of rotatable bonds is 3. The fraction of sp³-hybridized carbons (Fsp3) is 0.588. The molecule has 0 radical (unpaired) electrons. The van der Waals surface area contributed by atoms with Gasteiger partial charge < -0.3 is 10.6 Å². The summed E-state index contributed by atoms with van der Waals surface area (Å²) in [4.78, 5) is 15.3. The number of nitrogens with zero attached hydrogens (tertiary/aromatic N) is 3. The van der Waals surface area contributed by atoms with Gasteiger partial charge in [0, 0.05) is 23.4 Å². The smallest absolute Gasteiger partial charge is 0.133 e. The van der Waals surface area contributed by atoms with Crippen molar-refractivity contribution in [3.8, 4) is 0 Å². The van der Waals surface area contributed by atoms with Crippen LogP contribution in [0.15, 0.2) is 6.33 Å². The molecule has 23 heavy (non-hydrogen) atoms. The fourth-order valence-electron chi connectivity index (χ4n) is 3.42. The molecule has 2 N–H and O–H groups in total. The van der Waals surface area contributed by atoms with E-state index in [1.54, 1.807) is 6.33 Å². The highest BCUT2D eigenvalue weighted by Crippen LogP contribution is 2.31. The normalized spacial score (nSPS) is 18.7. The Labute approximate surface area is 141 Å². The molecule has 1 aliphatic carbocycles. The lowest BCUT2D eigenvalue weighted by atomic mass is 10.0. The minimum absolute atomic E-state index is 0.195. The lowest BCUT2D eigenvalue weighted by Crippen LogP contribution is -2.16. The molecule has 6 heteroatoms. The summed E-state index contributed by atoms with van der Waals surface area (Å²) in [7, 11) is 0. The van der Waals surface area contributed by atoms with Crippen molar-refractivity contribution in [1.82, 2.24) is 20.3 Å². The summed E-state index contributed by atoms with van der Waals surface area (Å²) in [6.07, 6.45) is 8.59. The molecule has 0 fully saturated rings. The minimum Gasteiger partial charge on any atom is -0.361 e. The molecule has 122 valence electrons. The number of aryl methyl sites for hydroxylation is 2. The Morgan fingerprint density at radius 3 is 2.87 bits per heavy atom. The van der Waals surface area contributed by atoms with Gasteiger partial charge in [-0.15, -0.1) is 11.3 Å². The molecule has 2 aliphatic rings. The monoisotopic (exact) mass is 329 g/mol. The molecule has 3 heterocycles. The van der Waals surface area contributed by atoms with Crippen molar-refractivity contribution < 1.29 is 0 Å². The molecule has 0 aromatic carbocycles. The molecule has 0 saturated heterocycles. The molecular formula is C17H23N5S. The second-order valence-corrected chi connectivity index (χ2v) is 7.51. The van der Waals surface area contributed by atoms with Crippen LogP contribution in [0.1, 0.15) is 52.6 Å². The first-order valence-electron chi connectivity index (χ1n) is 8.60. The number of hydrogen-bond donors (Lipinski definition) is 2. The van der Waals surface area contributed by atoms with Crippen LogP contribution < -0.4 is 10.6 Å². The van der Waals surface area contributed by atoms with Gasteiger partial charge >= 0.3 is 0 Å². The third kappa shape index (κ3) is 3.10. The lowest BCUT2D eigenvalue weighted by molar-refractivity contribution is 0.678. The Kier molecular flexibility index (Phi) is 4.27. The van der Waals surface area contributed by atoms with Crippen molar-refractivity contribution in [2.75, 3.05) is 18.4 Å². The predicted molar refractivity (Wildman–Crippen MR) is 93.1 cm³/mol. The van der Waals surface area contributed by atoms with Crippen LogP contribution in [0.5, 0.6) is 0 Å². The zero-order chi connectivity index (χ0) is 15.6. The van der Waals surface area contributed by atoms with Gasteiger partial charge in [0.15, 0.2) is 0 Å². The Bertz CT molecular complexity index is 673. The first-order chi connectivity index (χ1) is 11.3. The third-order valence-electron chi connectivity index (χ3n) is 4.71. The van der Waals surface area contributed by atoms with Crippen LogP contribution in [0.2, 0.25) is 0 Å². The van der Waals surface area contributed by atoms with Crippen molar-refractivity contribution in [2.45, 2.75) is 51.5 Å². The van der Waals surface area contributed by atoms with E-state index in [-0.39, 0.29) is 6.04 Å². The number of hydrogen-bond acceptors (Lipinski definition) is 6. The topological polar surface area (TPSA) is 62.7 Å².